The third-order valence-corrected chi connectivity index (χ3v) is 3.67. The molecule has 124 valence electrons. The zero-order valence-corrected chi connectivity index (χ0v) is 14.3. The van der Waals surface area contributed by atoms with Crippen LogP contribution < -0.4 is 5.32 Å². The molecule has 0 heterocycles. The van der Waals surface area contributed by atoms with Gasteiger partial charge in [-0.3, -0.25) is 4.79 Å². The van der Waals surface area contributed by atoms with E-state index in [4.69, 9.17) is 4.74 Å². The molecule has 1 N–H and O–H groups in total. The van der Waals surface area contributed by atoms with Crippen molar-refractivity contribution in [3.8, 4) is 0 Å². The fraction of sp³-hybridized carbons (Fsp3) is 0.200. The van der Waals surface area contributed by atoms with Crippen LogP contribution in [-0.4, -0.2) is 18.9 Å². The van der Waals surface area contributed by atoms with E-state index in [1.165, 1.54) is 13.2 Å². The van der Waals surface area contributed by atoms with Crippen molar-refractivity contribution in [2.24, 2.45) is 0 Å². The minimum absolute atomic E-state index is 0.107. The highest BCUT2D eigenvalue weighted by molar-refractivity contribution is 6.09. The van der Waals surface area contributed by atoms with Crippen molar-refractivity contribution in [2.75, 3.05) is 12.4 Å². The summed E-state index contributed by atoms with van der Waals surface area (Å²) >= 11 is 0. The lowest BCUT2D eigenvalue weighted by atomic mass is 10.1. The molecule has 24 heavy (non-hydrogen) atoms. The summed E-state index contributed by atoms with van der Waals surface area (Å²) in [5.74, 6) is -0.844. The number of ketones is 1. The quantitative estimate of drug-likeness (QED) is 0.514. The van der Waals surface area contributed by atoms with Gasteiger partial charge in [-0.15, -0.1) is 0 Å². The average molecular weight is 323 g/mol. The summed E-state index contributed by atoms with van der Waals surface area (Å²) in [7, 11) is 1.29. The number of ether oxygens (including phenoxy) is 1. The molecule has 0 radical (unpaired) electrons. The average Bonchev–Trinajstić information content (AvgIpc) is 2.56. The molecule has 0 saturated carbocycles. The van der Waals surface area contributed by atoms with Gasteiger partial charge in [0.2, 0.25) is 0 Å². The van der Waals surface area contributed by atoms with Crippen LogP contribution in [0.4, 0.5) is 5.69 Å². The largest absolute Gasteiger partial charge is 0.464 e. The number of nitrogens with one attached hydrogen (secondary N) is 1. The van der Waals surface area contributed by atoms with E-state index in [1.54, 1.807) is 12.1 Å². The van der Waals surface area contributed by atoms with Crippen LogP contribution in [0.1, 0.15) is 27.0 Å². The highest BCUT2D eigenvalue weighted by atomic mass is 16.5. The van der Waals surface area contributed by atoms with Crippen molar-refractivity contribution in [3.63, 3.8) is 0 Å². The van der Waals surface area contributed by atoms with Crippen LogP contribution in [0, 0.1) is 20.8 Å². The van der Waals surface area contributed by atoms with Crippen LogP contribution in [0.25, 0.3) is 0 Å². The molecule has 0 unspecified atom stereocenters. The standard InChI is InChI=1S/C20H21NO3/c1-13-5-8-16(9-6-13)19(22)12-18(20(23)24-4)21-17-10-7-14(2)11-15(17)3/h5-12,21H,1-4H3/b18-12-. The molecule has 0 aromatic heterocycles. The molecule has 0 saturated heterocycles. The maximum atomic E-state index is 12.4. The van der Waals surface area contributed by atoms with Gasteiger partial charge in [0.25, 0.3) is 0 Å². The van der Waals surface area contributed by atoms with Gasteiger partial charge in [0.1, 0.15) is 5.70 Å². The van der Waals surface area contributed by atoms with Crippen LogP contribution in [-0.2, 0) is 9.53 Å². The number of esters is 1. The van der Waals surface area contributed by atoms with E-state index in [1.807, 2.05) is 51.1 Å². The van der Waals surface area contributed by atoms with Gasteiger partial charge in [0, 0.05) is 17.3 Å². The molecule has 0 fully saturated rings. The molecule has 0 atom stereocenters. The van der Waals surface area contributed by atoms with Gasteiger partial charge in [0.15, 0.2) is 5.78 Å². The Kier molecular flexibility index (Phi) is 5.53. The number of benzene rings is 2. The van der Waals surface area contributed by atoms with Crippen LogP contribution >= 0.6 is 0 Å². The first-order chi connectivity index (χ1) is 11.4. The fourth-order valence-electron chi connectivity index (χ4n) is 2.29. The molecule has 4 heteroatoms. The molecule has 2 rings (SSSR count). The Morgan fingerprint density at radius 2 is 1.58 bits per heavy atom. The second-order valence-electron chi connectivity index (χ2n) is 5.72. The van der Waals surface area contributed by atoms with Gasteiger partial charge >= 0.3 is 5.97 Å². The minimum Gasteiger partial charge on any atom is -0.464 e. The maximum absolute atomic E-state index is 12.4. The summed E-state index contributed by atoms with van der Waals surface area (Å²) in [6.07, 6.45) is 1.27. The third-order valence-electron chi connectivity index (χ3n) is 3.67. The van der Waals surface area contributed by atoms with Crippen molar-refractivity contribution >= 4 is 17.4 Å². The van der Waals surface area contributed by atoms with Crippen LogP contribution in [0.5, 0.6) is 0 Å². The van der Waals surface area contributed by atoms with Crippen molar-refractivity contribution in [1.82, 2.24) is 0 Å². The molecule has 0 bridgehead atoms. The van der Waals surface area contributed by atoms with E-state index in [-0.39, 0.29) is 11.5 Å². The van der Waals surface area contributed by atoms with E-state index < -0.39 is 5.97 Å². The van der Waals surface area contributed by atoms with Crippen molar-refractivity contribution < 1.29 is 14.3 Å². The summed E-state index contributed by atoms with van der Waals surface area (Å²) in [5.41, 5.74) is 4.55. The second-order valence-corrected chi connectivity index (χ2v) is 5.72. The van der Waals surface area contributed by atoms with Crippen molar-refractivity contribution in [3.05, 3.63) is 76.5 Å². The number of rotatable bonds is 5. The Morgan fingerprint density at radius 1 is 0.958 bits per heavy atom. The number of aryl methyl sites for hydroxylation is 3. The molecule has 2 aromatic rings. The fourth-order valence-corrected chi connectivity index (χ4v) is 2.29. The number of allylic oxidation sites excluding steroid dienone is 1. The van der Waals surface area contributed by atoms with Gasteiger partial charge in [-0.2, -0.15) is 0 Å². The maximum Gasteiger partial charge on any atom is 0.354 e. The van der Waals surface area contributed by atoms with Gasteiger partial charge in [-0.05, 0) is 32.4 Å². The summed E-state index contributed by atoms with van der Waals surface area (Å²) in [5, 5.41) is 3.00. The summed E-state index contributed by atoms with van der Waals surface area (Å²) < 4.78 is 4.78. The molecule has 2 aromatic carbocycles. The highest BCUT2D eigenvalue weighted by Crippen LogP contribution is 2.19. The normalized spacial score (nSPS) is 11.1. The van der Waals surface area contributed by atoms with E-state index in [2.05, 4.69) is 5.32 Å². The molecule has 0 aliphatic carbocycles. The molecular formula is C20H21NO3. The molecule has 0 aliphatic rings. The molecule has 4 nitrogen and oxygen atoms in total. The lowest BCUT2D eigenvalue weighted by molar-refractivity contribution is -0.135. The Labute approximate surface area is 142 Å². The van der Waals surface area contributed by atoms with E-state index in [0.717, 1.165) is 22.4 Å². The lowest BCUT2D eigenvalue weighted by Crippen LogP contribution is -2.15. The molecule has 0 aliphatic heterocycles. The number of carbonyl (C=O) groups is 2. The molecule has 0 spiro atoms. The van der Waals surface area contributed by atoms with Crippen LogP contribution in [0.15, 0.2) is 54.2 Å². The number of hydrogen-bond acceptors (Lipinski definition) is 4. The van der Waals surface area contributed by atoms with Crippen LogP contribution in [0.3, 0.4) is 0 Å². The lowest BCUT2D eigenvalue weighted by Gasteiger charge is -2.12. The predicted octanol–water partition coefficient (Wildman–Crippen LogP) is 3.96. The summed E-state index contributed by atoms with van der Waals surface area (Å²) in [4.78, 5) is 24.4. The Balaban J connectivity index is 2.32. The van der Waals surface area contributed by atoms with Crippen LogP contribution in [0.2, 0.25) is 0 Å². The number of methoxy groups -OCH3 is 1. The van der Waals surface area contributed by atoms with Crippen molar-refractivity contribution in [1.29, 1.82) is 0 Å². The minimum atomic E-state index is -0.588. The Morgan fingerprint density at radius 3 is 2.17 bits per heavy atom. The topological polar surface area (TPSA) is 55.4 Å². The smallest absolute Gasteiger partial charge is 0.354 e. The monoisotopic (exact) mass is 323 g/mol. The number of anilines is 1. The van der Waals surface area contributed by atoms with Gasteiger partial charge < -0.3 is 10.1 Å². The first-order valence-electron chi connectivity index (χ1n) is 7.66. The SMILES string of the molecule is COC(=O)/C(=C/C(=O)c1ccc(C)cc1)Nc1ccc(C)cc1C. The Bertz CT molecular complexity index is 789. The number of hydrogen-bond donors (Lipinski definition) is 1. The first kappa shape index (κ1) is 17.5. The zero-order chi connectivity index (χ0) is 17.7. The second kappa shape index (κ2) is 7.59. The highest BCUT2D eigenvalue weighted by Gasteiger charge is 2.14. The Hall–Kier alpha value is -2.88. The summed E-state index contributed by atoms with van der Waals surface area (Å²) in [6.45, 7) is 5.88. The molecule has 0 amide bonds. The zero-order valence-electron chi connectivity index (χ0n) is 14.3. The van der Waals surface area contributed by atoms with E-state index >= 15 is 0 Å². The third kappa shape index (κ3) is 4.32. The van der Waals surface area contributed by atoms with Gasteiger partial charge in [-0.1, -0.05) is 47.5 Å². The number of carbonyl (C=O) groups excluding carboxylic acids is 2. The summed E-state index contributed by atoms with van der Waals surface area (Å²) in [6, 6.07) is 13.0. The van der Waals surface area contributed by atoms with Crippen molar-refractivity contribution in [2.45, 2.75) is 20.8 Å². The van der Waals surface area contributed by atoms with E-state index in [9.17, 15) is 9.59 Å². The van der Waals surface area contributed by atoms with Gasteiger partial charge in [-0.25, -0.2) is 4.79 Å². The van der Waals surface area contributed by atoms with E-state index in [0.29, 0.717) is 5.56 Å². The predicted molar refractivity (Wildman–Crippen MR) is 95.1 cm³/mol. The molecular weight excluding hydrogens is 302 g/mol. The van der Waals surface area contributed by atoms with Gasteiger partial charge in [0.05, 0.1) is 7.11 Å². The first-order valence-corrected chi connectivity index (χ1v) is 7.66.